The number of hydrogen-bond donors (Lipinski definition) is 2. The van der Waals surface area contributed by atoms with Crippen LogP contribution in [-0.4, -0.2) is 25.1 Å². The number of carbonyl (C=O) groups excluding carboxylic acids is 2. The molecule has 7 nitrogen and oxygen atoms in total. The van der Waals surface area contributed by atoms with Gasteiger partial charge in [-0.15, -0.1) is 0 Å². The summed E-state index contributed by atoms with van der Waals surface area (Å²) >= 11 is 6.03. The Morgan fingerprint density at radius 1 is 1.03 bits per heavy atom. The van der Waals surface area contributed by atoms with Gasteiger partial charge in [0.1, 0.15) is 12.4 Å². The molecule has 3 aromatic rings. The lowest BCUT2D eigenvalue weighted by molar-refractivity contribution is -0.136. The largest absolute Gasteiger partial charge is 0.493 e. The van der Waals surface area contributed by atoms with Crippen LogP contribution in [0.5, 0.6) is 11.5 Å². The third kappa shape index (κ3) is 6.32. The van der Waals surface area contributed by atoms with Gasteiger partial charge in [0.05, 0.1) is 18.3 Å². The van der Waals surface area contributed by atoms with E-state index in [1.54, 1.807) is 36.4 Å². The van der Waals surface area contributed by atoms with Crippen LogP contribution in [0.4, 0.5) is 10.1 Å². The van der Waals surface area contributed by atoms with Crippen LogP contribution in [-0.2, 0) is 16.2 Å². The summed E-state index contributed by atoms with van der Waals surface area (Å²) in [6.45, 7) is 3.78. The molecule has 9 heteroatoms. The molecule has 0 aliphatic rings. The number of hydrogen-bond acceptors (Lipinski definition) is 5. The Hall–Kier alpha value is -3.91. The van der Waals surface area contributed by atoms with Crippen LogP contribution in [0.1, 0.15) is 22.3 Å². The molecule has 0 fully saturated rings. The zero-order valence-corrected chi connectivity index (χ0v) is 19.6. The molecule has 0 heterocycles. The zero-order chi connectivity index (χ0) is 24.7. The molecule has 2 N–H and O–H groups in total. The summed E-state index contributed by atoms with van der Waals surface area (Å²) in [4.78, 5) is 24.1. The maximum Gasteiger partial charge on any atom is 0.329 e. The molecular formula is C25H23ClFN3O4. The number of nitrogens with one attached hydrogen (secondary N) is 2. The molecule has 0 saturated carbocycles. The molecule has 0 unspecified atom stereocenters. The Morgan fingerprint density at radius 3 is 2.53 bits per heavy atom. The number of ether oxygens (including phenoxy) is 2. The first-order chi connectivity index (χ1) is 16.3. The Kier molecular flexibility index (Phi) is 8.21. The molecule has 34 heavy (non-hydrogen) atoms. The van der Waals surface area contributed by atoms with E-state index in [0.29, 0.717) is 22.7 Å². The smallest absolute Gasteiger partial charge is 0.329 e. The molecule has 0 spiro atoms. The SMILES string of the molecule is COc1cc(/C=N/NC(=O)C(=O)Nc2ccc(C)c(C)c2)ccc1OCc1c(F)cccc1Cl. The minimum Gasteiger partial charge on any atom is -0.493 e. The lowest BCUT2D eigenvalue weighted by Gasteiger charge is -2.12. The van der Waals surface area contributed by atoms with Crippen molar-refractivity contribution < 1.29 is 23.5 Å². The van der Waals surface area contributed by atoms with Crippen LogP contribution < -0.4 is 20.2 Å². The highest BCUT2D eigenvalue weighted by Gasteiger charge is 2.14. The Balaban J connectivity index is 1.59. The summed E-state index contributed by atoms with van der Waals surface area (Å²) in [5, 5.41) is 6.59. The van der Waals surface area contributed by atoms with E-state index < -0.39 is 17.6 Å². The van der Waals surface area contributed by atoms with Gasteiger partial charge >= 0.3 is 11.8 Å². The first-order valence-electron chi connectivity index (χ1n) is 10.2. The first kappa shape index (κ1) is 24.7. The summed E-state index contributed by atoms with van der Waals surface area (Å²) in [7, 11) is 1.46. The highest BCUT2D eigenvalue weighted by Crippen LogP contribution is 2.29. The predicted octanol–water partition coefficient (Wildman–Crippen LogP) is 4.77. The van der Waals surface area contributed by atoms with E-state index in [2.05, 4.69) is 15.8 Å². The Morgan fingerprint density at radius 2 is 1.82 bits per heavy atom. The van der Waals surface area contributed by atoms with Crippen molar-refractivity contribution in [2.24, 2.45) is 5.10 Å². The average molecular weight is 484 g/mol. The molecule has 3 aromatic carbocycles. The van der Waals surface area contributed by atoms with Gasteiger partial charge < -0.3 is 14.8 Å². The monoisotopic (exact) mass is 483 g/mol. The number of methoxy groups -OCH3 is 1. The van der Waals surface area contributed by atoms with E-state index in [4.69, 9.17) is 21.1 Å². The number of hydrazone groups is 1. The van der Waals surface area contributed by atoms with Crippen molar-refractivity contribution in [3.05, 3.63) is 87.7 Å². The second kappa shape index (κ2) is 11.3. The molecule has 2 amide bonds. The summed E-state index contributed by atoms with van der Waals surface area (Å²) in [6, 6.07) is 14.6. The van der Waals surface area contributed by atoms with Crippen molar-refractivity contribution in [1.29, 1.82) is 0 Å². The maximum absolute atomic E-state index is 13.9. The lowest BCUT2D eigenvalue weighted by Crippen LogP contribution is -2.32. The highest BCUT2D eigenvalue weighted by molar-refractivity contribution is 6.39. The van der Waals surface area contributed by atoms with E-state index in [1.807, 2.05) is 19.9 Å². The number of aryl methyl sites for hydroxylation is 2. The quantitative estimate of drug-likeness (QED) is 0.288. The summed E-state index contributed by atoms with van der Waals surface area (Å²) < 4.78 is 24.9. The number of amides is 2. The van der Waals surface area contributed by atoms with E-state index in [1.165, 1.54) is 25.5 Å². The minimum atomic E-state index is -0.914. The number of rotatable bonds is 7. The summed E-state index contributed by atoms with van der Waals surface area (Å²) in [6.07, 6.45) is 1.35. The van der Waals surface area contributed by atoms with Gasteiger partial charge in [-0.3, -0.25) is 9.59 Å². The van der Waals surface area contributed by atoms with Crippen molar-refractivity contribution in [3.8, 4) is 11.5 Å². The van der Waals surface area contributed by atoms with Crippen LogP contribution in [0.15, 0.2) is 59.7 Å². The standard InChI is InChI=1S/C25H23ClFN3O4/c1-15-7-9-18(11-16(15)2)29-24(31)25(32)30-28-13-17-8-10-22(23(12-17)33-3)34-14-19-20(26)5-4-6-21(19)27/h4-13H,14H2,1-3H3,(H,29,31)(H,30,32)/b28-13+. The van der Waals surface area contributed by atoms with E-state index in [0.717, 1.165) is 11.1 Å². The molecular weight excluding hydrogens is 461 g/mol. The van der Waals surface area contributed by atoms with Gasteiger partial charge in [0.2, 0.25) is 0 Å². The molecule has 0 atom stereocenters. The van der Waals surface area contributed by atoms with Gasteiger partial charge in [-0.2, -0.15) is 5.10 Å². The molecule has 0 bridgehead atoms. The fraction of sp³-hybridized carbons (Fsp3) is 0.160. The predicted molar refractivity (Wildman–Crippen MR) is 129 cm³/mol. The fourth-order valence-electron chi connectivity index (χ4n) is 2.93. The maximum atomic E-state index is 13.9. The number of anilines is 1. The zero-order valence-electron chi connectivity index (χ0n) is 18.8. The third-order valence-electron chi connectivity index (χ3n) is 4.97. The van der Waals surface area contributed by atoms with Crippen molar-refractivity contribution in [2.45, 2.75) is 20.5 Å². The third-order valence-corrected chi connectivity index (χ3v) is 5.33. The van der Waals surface area contributed by atoms with Crippen molar-refractivity contribution in [1.82, 2.24) is 5.43 Å². The summed E-state index contributed by atoms with van der Waals surface area (Å²) in [5.74, 6) is -1.48. The van der Waals surface area contributed by atoms with Crippen molar-refractivity contribution in [2.75, 3.05) is 12.4 Å². The molecule has 0 aromatic heterocycles. The molecule has 0 aliphatic heterocycles. The van der Waals surface area contributed by atoms with Gasteiger partial charge in [0.25, 0.3) is 0 Å². The first-order valence-corrected chi connectivity index (χ1v) is 10.6. The van der Waals surface area contributed by atoms with Crippen LogP contribution in [0.2, 0.25) is 5.02 Å². The normalized spacial score (nSPS) is 10.7. The van der Waals surface area contributed by atoms with Gasteiger partial charge in [-0.25, -0.2) is 9.82 Å². The van der Waals surface area contributed by atoms with Gasteiger partial charge in [0.15, 0.2) is 11.5 Å². The van der Waals surface area contributed by atoms with Crippen LogP contribution in [0, 0.1) is 19.7 Å². The van der Waals surface area contributed by atoms with Crippen LogP contribution in [0.25, 0.3) is 0 Å². The molecule has 0 radical (unpaired) electrons. The second-order valence-electron chi connectivity index (χ2n) is 7.35. The number of benzene rings is 3. The van der Waals surface area contributed by atoms with E-state index in [-0.39, 0.29) is 17.2 Å². The van der Waals surface area contributed by atoms with Crippen LogP contribution >= 0.6 is 11.6 Å². The minimum absolute atomic E-state index is 0.0824. The van der Waals surface area contributed by atoms with Crippen molar-refractivity contribution >= 4 is 35.3 Å². The number of halogens is 2. The lowest BCUT2D eigenvalue weighted by atomic mass is 10.1. The molecule has 0 aliphatic carbocycles. The van der Waals surface area contributed by atoms with E-state index >= 15 is 0 Å². The number of carbonyl (C=O) groups is 2. The van der Waals surface area contributed by atoms with Gasteiger partial charge in [-0.1, -0.05) is 23.7 Å². The Labute approximate surface area is 201 Å². The van der Waals surface area contributed by atoms with Gasteiger partial charge in [-0.05, 0) is 73.0 Å². The average Bonchev–Trinajstić information content (AvgIpc) is 2.81. The molecule has 3 rings (SSSR count). The van der Waals surface area contributed by atoms with E-state index in [9.17, 15) is 14.0 Å². The summed E-state index contributed by atoms with van der Waals surface area (Å²) in [5.41, 5.74) is 5.58. The number of nitrogens with zero attached hydrogens (tertiary/aromatic N) is 1. The highest BCUT2D eigenvalue weighted by atomic mass is 35.5. The Bertz CT molecular complexity index is 1230. The van der Waals surface area contributed by atoms with Crippen molar-refractivity contribution in [3.63, 3.8) is 0 Å². The van der Waals surface area contributed by atoms with Crippen LogP contribution in [0.3, 0.4) is 0 Å². The molecule has 176 valence electrons. The molecule has 0 saturated heterocycles. The second-order valence-corrected chi connectivity index (χ2v) is 7.76. The topological polar surface area (TPSA) is 89.0 Å². The fourth-order valence-corrected chi connectivity index (χ4v) is 3.14. The van der Waals surface area contributed by atoms with Gasteiger partial charge in [0, 0.05) is 11.3 Å².